The van der Waals surface area contributed by atoms with E-state index in [1.54, 1.807) is 0 Å². The van der Waals surface area contributed by atoms with Gasteiger partial charge in [-0.15, -0.1) is 0 Å². The van der Waals surface area contributed by atoms with Crippen LogP contribution in [0.15, 0.2) is 18.2 Å². The number of hydrogen-bond acceptors (Lipinski definition) is 3. The second-order valence-corrected chi connectivity index (χ2v) is 4.29. The molecule has 1 aliphatic heterocycles. The van der Waals surface area contributed by atoms with Gasteiger partial charge in [-0.1, -0.05) is 12.1 Å². The molecular weight excluding hydrogens is 202 g/mol. The van der Waals surface area contributed by atoms with Crippen LogP contribution in [-0.2, 0) is 11.3 Å². The molecule has 16 heavy (non-hydrogen) atoms. The van der Waals surface area contributed by atoms with E-state index in [-0.39, 0.29) is 11.9 Å². The molecule has 86 valence electrons. The predicted molar refractivity (Wildman–Crippen MR) is 65.4 cm³/mol. The van der Waals surface area contributed by atoms with Crippen molar-refractivity contribution in [2.75, 3.05) is 16.8 Å². The third-order valence-corrected chi connectivity index (χ3v) is 2.84. The number of benzene rings is 1. The number of nitrogens with zero attached hydrogens (tertiary/aromatic N) is 1. The summed E-state index contributed by atoms with van der Waals surface area (Å²) >= 11 is 0. The SMILES string of the molecule is CC(C)N1CC(=O)Nc2cccc(CN)c21. The number of hydrogen-bond donors (Lipinski definition) is 2. The highest BCUT2D eigenvalue weighted by Crippen LogP contribution is 2.34. The first-order valence-electron chi connectivity index (χ1n) is 5.52. The summed E-state index contributed by atoms with van der Waals surface area (Å²) in [6.07, 6.45) is 0. The molecule has 3 N–H and O–H groups in total. The molecule has 4 heteroatoms. The third-order valence-electron chi connectivity index (χ3n) is 2.84. The minimum Gasteiger partial charge on any atom is -0.358 e. The van der Waals surface area contributed by atoms with Crippen molar-refractivity contribution in [3.8, 4) is 0 Å². The van der Waals surface area contributed by atoms with Gasteiger partial charge in [0.15, 0.2) is 0 Å². The van der Waals surface area contributed by atoms with Crippen molar-refractivity contribution in [3.05, 3.63) is 23.8 Å². The lowest BCUT2D eigenvalue weighted by molar-refractivity contribution is -0.115. The van der Waals surface area contributed by atoms with Crippen molar-refractivity contribution in [1.29, 1.82) is 0 Å². The van der Waals surface area contributed by atoms with Crippen molar-refractivity contribution >= 4 is 17.3 Å². The average Bonchev–Trinajstić information content (AvgIpc) is 2.26. The summed E-state index contributed by atoms with van der Waals surface area (Å²) in [6.45, 7) is 5.05. The van der Waals surface area contributed by atoms with Crippen LogP contribution >= 0.6 is 0 Å². The Hall–Kier alpha value is -1.55. The van der Waals surface area contributed by atoms with E-state index in [0.29, 0.717) is 13.1 Å². The van der Waals surface area contributed by atoms with Crippen LogP contribution in [0.4, 0.5) is 11.4 Å². The molecule has 4 nitrogen and oxygen atoms in total. The largest absolute Gasteiger partial charge is 0.358 e. The number of carbonyl (C=O) groups is 1. The zero-order valence-corrected chi connectivity index (χ0v) is 9.66. The van der Waals surface area contributed by atoms with E-state index in [1.165, 1.54) is 0 Å². The Labute approximate surface area is 95.4 Å². The van der Waals surface area contributed by atoms with Crippen LogP contribution in [0.1, 0.15) is 19.4 Å². The van der Waals surface area contributed by atoms with Crippen molar-refractivity contribution in [2.45, 2.75) is 26.4 Å². The molecule has 1 amide bonds. The zero-order chi connectivity index (χ0) is 11.7. The molecule has 0 saturated carbocycles. The lowest BCUT2D eigenvalue weighted by atomic mass is 10.1. The third kappa shape index (κ3) is 1.76. The number of nitrogens with one attached hydrogen (secondary N) is 1. The zero-order valence-electron chi connectivity index (χ0n) is 9.66. The van der Waals surface area contributed by atoms with E-state index in [0.717, 1.165) is 16.9 Å². The first kappa shape index (κ1) is 11.0. The highest BCUT2D eigenvalue weighted by Gasteiger charge is 2.25. The highest BCUT2D eigenvalue weighted by molar-refractivity contribution is 6.01. The fraction of sp³-hybridized carbons (Fsp3) is 0.417. The van der Waals surface area contributed by atoms with Crippen LogP contribution in [0.5, 0.6) is 0 Å². The molecule has 2 rings (SSSR count). The van der Waals surface area contributed by atoms with Crippen LogP contribution in [-0.4, -0.2) is 18.5 Å². The van der Waals surface area contributed by atoms with Gasteiger partial charge in [-0.25, -0.2) is 0 Å². The smallest absolute Gasteiger partial charge is 0.243 e. The van der Waals surface area contributed by atoms with Gasteiger partial charge in [0.1, 0.15) is 0 Å². The molecule has 1 aromatic carbocycles. The summed E-state index contributed by atoms with van der Waals surface area (Å²) in [5.41, 5.74) is 8.74. The summed E-state index contributed by atoms with van der Waals surface area (Å²) < 4.78 is 0. The minimum atomic E-state index is 0.0374. The predicted octanol–water partition coefficient (Wildman–Crippen LogP) is 1.31. The molecule has 0 fully saturated rings. The van der Waals surface area contributed by atoms with Crippen LogP contribution in [0.2, 0.25) is 0 Å². The summed E-state index contributed by atoms with van der Waals surface area (Å²) in [5, 5.41) is 2.88. The van der Waals surface area contributed by atoms with Gasteiger partial charge in [0.05, 0.1) is 17.9 Å². The maximum Gasteiger partial charge on any atom is 0.243 e. The molecule has 0 saturated heterocycles. The van der Waals surface area contributed by atoms with Gasteiger partial charge in [-0.2, -0.15) is 0 Å². The normalized spacial score (nSPS) is 15.0. The number of nitrogens with two attached hydrogens (primary N) is 1. The molecule has 0 spiro atoms. The van der Waals surface area contributed by atoms with Gasteiger partial charge in [-0.05, 0) is 25.5 Å². The fourth-order valence-electron chi connectivity index (χ4n) is 2.06. The molecule has 0 unspecified atom stereocenters. The Bertz CT molecular complexity index is 415. The Morgan fingerprint density at radius 1 is 1.50 bits per heavy atom. The second-order valence-electron chi connectivity index (χ2n) is 4.29. The van der Waals surface area contributed by atoms with Gasteiger partial charge < -0.3 is 16.0 Å². The van der Waals surface area contributed by atoms with E-state index < -0.39 is 0 Å². The fourth-order valence-corrected chi connectivity index (χ4v) is 2.06. The van der Waals surface area contributed by atoms with Crippen LogP contribution < -0.4 is 16.0 Å². The average molecular weight is 219 g/mol. The van der Waals surface area contributed by atoms with Crippen molar-refractivity contribution in [2.24, 2.45) is 5.73 Å². The van der Waals surface area contributed by atoms with Gasteiger partial charge in [0.25, 0.3) is 0 Å². The molecule has 0 aromatic heterocycles. The van der Waals surface area contributed by atoms with E-state index in [9.17, 15) is 4.79 Å². The maximum atomic E-state index is 11.6. The lowest BCUT2D eigenvalue weighted by Crippen LogP contribution is -2.43. The first-order valence-corrected chi connectivity index (χ1v) is 5.52. The van der Waals surface area contributed by atoms with E-state index >= 15 is 0 Å². The topological polar surface area (TPSA) is 58.4 Å². The molecular formula is C12H17N3O. The van der Waals surface area contributed by atoms with Crippen molar-refractivity contribution < 1.29 is 4.79 Å². The number of amides is 1. The van der Waals surface area contributed by atoms with Crippen molar-refractivity contribution in [1.82, 2.24) is 0 Å². The van der Waals surface area contributed by atoms with Crippen LogP contribution in [0, 0.1) is 0 Å². The van der Waals surface area contributed by atoms with E-state index in [2.05, 4.69) is 24.1 Å². The molecule has 1 heterocycles. The Kier molecular flexibility index (Phi) is 2.83. The molecule has 1 aliphatic rings. The molecule has 0 radical (unpaired) electrons. The molecule has 1 aromatic rings. The monoisotopic (exact) mass is 219 g/mol. The summed E-state index contributed by atoms with van der Waals surface area (Å²) in [7, 11) is 0. The van der Waals surface area contributed by atoms with Gasteiger partial charge >= 0.3 is 0 Å². The molecule has 0 aliphatic carbocycles. The Balaban J connectivity index is 2.53. The van der Waals surface area contributed by atoms with Crippen LogP contribution in [0.25, 0.3) is 0 Å². The van der Waals surface area contributed by atoms with E-state index in [1.807, 2.05) is 18.2 Å². The highest BCUT2D eigenvalue weighted by atomic mass is 16.2. The van der Waals surface area contributed by atoms with Crippen LogP contribution in [0.3, 0.4) is 0 Å². The summed E-state index contributed by atoms with van der Waals surface area (Å²) in [6, 6.07) is 6.13. The molecule has 0 atom stereocenters. The lowest BCUT2D eigenvalue weighted by Gasteiger charge is -2.35. The number of carbonyl (C=O) groups excluding carboxylic acids is 1. The standard InChI is InChI=1S/C12H17N3O/c1-8(2)15-7-11(16)14-10-5-3-4-9(6-13)12(10)15/h3-5,8H,6-7,13H2,1-2H3,(H,14,16). The quantitative estimate of drug-likeness (QED) is 0.788. The van der Waals surface area contributed by atoms with Gasteiger partial charge in [0, 0.05) is 12.6 Å². The number of anilines is 2. The number of rotatable bonds is 2. The number of para-hydroxylation sites is 1. The van der Waals surface area contributed by atoms with Crippen molar-refractivity contribution in [3.63, 3.8) is 0 Å². The van der Waals surface area contributed by atoms with Gasteiger partial charge in [-0.3, -0.25) is 4.79 Å². The Morgan fingerprint density at radius 2 is 2.25 bits per heavy atom. The van der Waals surface area contributed by atoms with E-state index in [4.69, 9.17) is 5.73 Å². The first-order chi connectivity index (χ1) is 7.63. The number of fused-ring (bicyclic) bond motifs is 1. The molecule has 0 bridgehead atoms. The second kappa shape index (κ2) is 4.14. The van der Waals surface area contributed by atoms with Gasteiger partial charge in [0.2, 0.25) is 5.91 Å². The minimum absolute atomic E-state index is 0.0374. The summed E-state index contributed by atoms with van der Waals surface area (Å²) in [5.74, 6) is 0.0374. The maximum absolute atomic E-state index is 11.6. The Morgan fingerprint density at radius 3 is 2.88 bits per heavy atom. The summed E-state index contributed by atoms with van der Waals surface area (Å²) in [4.78, 5) is 13.6.